The molecule has 0 aliphatic carbocycles. The number of aromatic nitrogens is 1. The molecular weight excluding hydrogens is 330 g/mol. The second-order valence-corrected chi connectivity index (χ2v) is 3.78. The van der Waals surface area contributed by atoms with Gasteiger partial charge in [-0.2, -0.15) is 0 Å². The average Bonchev–Trinajstić information content (AvgIpc) is 2.02. The van der Waals surface area contributed by atoms with Gasteiger partial charge in [-0.1, -0.05) is 0 Å². The van der Waals surface area contributed by atoms with Crippen molar-refractivity contribution in [2.75, 3.05) is 0 Å². The van der Waals surface area contributed by atoms with E-state index in [0.29, 0.717) is 0 Å². The smallest absolute Gasteiger partial charge is 0.269 e. The molecule has 0 radical (unpaired) electrons. The highest BCUT2D eigenvalue weighted by molar-refractivity contribution is 14.1. The lowest BCUT2D eigenvalue weighted by molar-refractivity contribution is 0.107. The van der Waals surface area contributed by atoms with E-state index in [2.05, 4.69) is 4.98 Å². The number of carbonyl (C=O) groups excluding carboxylic acids is 1. The van der Waals surface area contributed by atoms with Crippen molar-refractivity contribution in [2.24, 2.45) is 0 Å². The van der Waals surface area contributed by atoms with E-state index in [9.17, 15) is 18.4 Å². The van der Waals surface area contributed by atoms with E-state index in [4.69, 9.17) is 11.6 Å². The maximum absolute atomic E-state index is 12.2. The van der Waals surface area contributed by atoms with Crippen LogP contribution in [0.25, 0.3) is 0 Å². The van der Waals surface area contributed by atoms with Crippen LogP contribution in [0.3, 0.4) is 0 Å². The number of aromatic amines is 1. The lowest BCUT2D eigenvalue weighted by Crippen LogP contribution is -2.16. The molecule has 1 heterocycles. The van der Waals surface area contributed by atoms with Gasteiger partial charge in [0.15, 0.2) is 0 Å². The SMILES string of the molecule is O=C(Cl)c1cc(C(F)F)c(=O)[nH]c1I. The standard InChI is InChI=1S/C7H3ClF2INO2/c8-4(13)2-1-3(5(9)10)7(14)12-6(2)11/h1,5H,(H,12,14). The van der Waals surface area contributed by atoms with Crippen LogP contribution >= 0.6 is 34.2 Å². The minimum Gasteiger partial charge on any atom is -0.316 e. The summed E-state index contributed by atoms with van der Waals surface area (Å²) in [5.74, 6) is 0. The van der Waals surface area contributed by atoms with Gasteiger partial charge in [0.05, 0.1) is 14.8 Å². The molecule has 1 aromatic rings. The van der Waals surface area contributed by atoms with Crippen LogP contribution in [-0.4, -0.2) is 10.2 Å². The Kier molecular flexibility index (Phi) is 3.59. The summed E-state index contributed by atoms with van der Waals surface area (Å²) in [5.41, 5.74) is -1.79. The summed E-state index contributed by atoms with van der Waals surface area (Å²) in [7, 11) is 0. The van der Waals surface area contributed by atoms with Gasteiger partial charge in [0.25, 0.3) is 17.2 Å². The summed E-state index contributed by atoms with van der Waals surface area (Å²) in [4.78, 5) is 23.8. The molecule has 0 aliphatic heterocycles. The molecular formula is C7H3ClF2INO2. The lowest BCUT2D eigenvalue weighted by atomic mass is 10.2. The maximum Gasteiger partial charge on any atom is 0.269 e. The third-order valence-corrected chi connectivity index (χ3v) is 2.52. The minimum atomic E-state index is -2.93. The molecule has 0 unspecified atom stereocenters. The summed E-state index contributed by atoms with van der Waals surface area (Å²) in [5, 5.41) is -0.882. The first-order chi connectivity index (χ1) is 6.43. The summed E-state index contributed by atoms with van der Waals surface area (Å²) in [6.45, 7) is 0. The zero-order valence-electron chi connectivity index (χ0n) is 6.48. The molecule has 0 amide bonds. The number of alkyl halides is 2. The van der Waals surface area contributed by atoms with Crippen LogP contribution in [0.4, 0.5) is 8.78 Å². The predicted octanol–water partition coefficient (Wildman–Crippen LogP) is 2.30. The van der Waals surface area contributed by atoms with E-state index >= 15 is 0 Å². The first kappa shape index (κ1) is 11.6. The molecule has 76 valence electrons. The molecule has 7 heteroatoms. The normalized spacial score (nSPS) is 10.6. The molecule has 0 aliphatic rings. The fourth-order valence-corrected chi connectivity index (χ4v) is 1.78. The predicted molar refractivity (Wildman–Crippen MR) is 54.9 cm³/mol. The highest BCUT2D eigenvalue weighted by atomic mass is 127. The van der Waals surface area contributed by atoms with E-state index in [1.165, 1.54) is 0 Å². The van der Waals surface area contributed by atoms with Crippen molar-refractivity contribution < 1.29 is 13.6 Å². The maximum atomic E-state index is 12.2. The molecule has 3 nitrogen and oxygen atoms in total. The van der Waals surface area contributed by atoms with Crippen molar-refractivity contribution >= 4 is 39.4 Å². The third kappa shape index (κ3) is 2.30. The van der Waals surface area contributed by atoms with E-state index in [1.54, 1.807) is 22.6 Å². The molecule has 0 saturated carbocycles. The Balaban J connectivity index is 3.42. The van der Waals surface area contributed by atoms with E-state index in [1.807, 2.05) is 0 Å². The molecule has 14 heavy (non-hydrogen) atoms. The van der Waals surface area contributed by atoms with Gasteiger partial charge in [-0.3, -0.25) is 9.59 Å². The van der Waals surface area contributed by atoms with E-state index in [-0.39, 0.29) is 9.26 Å². The number of hydrogen-bond donors (Lipinski definition) is 1. The summed E-state index contributed by atoms with van der Waals surface area (Å²) in [6, 6.07) is 0.806. The summed E-state index contributed by atoms with van der Waals surface area (Å²) in [6.07, 6.45) is -2.93. The fourth-order valence-electron chi connectivity index (χ4n) is 0.829. The number of H-pyrrole nitrogens is 1. The number of rotatable bonds is 2. The monoisotopic (exact) mass is 333 g/mol. The highest BCUT2D eigenvalue weighted by Gasteiger charge is 2.17. The molecule has 0 atom stereocenters. The summed E-state index contributed by atoms with van der Waals surface area (Å²) < 4.78 is 24.6. The average molecular weight is 333 g/mol. The summed E-state index contributed by atoms with van der Waals surface area (Å²) >= 11 is 6.76. The molecule has 1 rings (SSSR count). The van der Waals surface area contributed by atoms with Gasteiger partial charge < -0.3 is 4.98 Å². The van der Waals surface area contributed by atoms with Crippen LogP contribution in [0.1, 0.15) is 22.3 Å². The van der Waals surface area contributed by atoms with E-state index < -0.39 is 22.8 Å². The zero-order valence-corrected chi connectivity index (χ0v) is 9.40. The Morgan fingerprint density at radius 1 is 1.57 bits per heavy atom. The third-order valence-electron chi connectivity index (χ3n) is 1.47. The number of carbonyl (C=O) groups is 1. The largest absolute Gasteiger partial charge is 0.316 e. The first-order valence-electron chi connectivity index (χ1n) is 3.34. The van der Waals surface area contributed by atoms with Crippen LogP contribution in [0.5, 0.6) is 0 Å². The first-order valence-corrected chi connectivity index (χ1v) is 4.80. The Hall–Kier alpha value is -0.500. The second kappa shape index (κ2) is 4.35. The van der Waals surface area contributed by atoms with Crippen LogP contribution < -0.4 is 5.56 Å². The molecule has 0 saturated heterocycles. The van der Waals surface area contributed by atoms with Gasteiger partial charge in [0.2, 0.25) is 0 Å². The molecule has 0 spiro atoms. The Morgan fingerprint density at radius 2 is 2.14 bits per heavy atom. The molecule has 0 bridgehead atoms. The topological polar surface area (TPSA) is 49.9 Å². The Morgan fingerprint density at radius 3 is 2.57 bits per heavy atom. The Labute approximate surface area is 95.6 Å². The number of hydrogen-bond acceptors (Lipinski definition) is 2. The highest BCUT2D eigenvalue weighted by Crippen LogP contribution is 2.18. The molecule has 1 aromatic heterocycles. The van der Waals surface area contributed by atoms with Crippen molar-refractivity contribution in [3.63, 3.8) is 0 Å². The van der Waals surface area contributed by atoms with Crippen molar-refractivity contribution in [1.29, 1.82) is 0 Å². The van der Waals surface area contributed by atoms with Gasteiger partial charge >= 0.3 is 0 Å². The second-order valence-electron chi connectivity index (χ2n) is 2.36. The van der Waals surface area contributed by atoms with Gasteiger partial charge in [-0.25, -0.2) is 8.78 Å². The number of nitrogens with one attached hydrogen (secondary N) is 1. The quantitative estimate of drug-likeness (QED) is 0.513. The fraction of sp³-hybridized carbons (Fsp3) is 0.143. The van der Waals surface area contributed by atoms with Crippen LogP contribution in [-0.2, 0) is 0 Å². The zero-order chi connectivity index (χ0) is 10.9. The minimum absolute atomic E-state index is 0.123. The van der Waals surface area contributed by atoms with Crippen molar-refractivity contribution in [2.45, 2.75) is 6.43 Å². The van der Waals surface area contributed by atoms with Gasteiger partial charge in [0, 0.05) is 0 Å². The van der Waals surface area contributed by atoms with Gasteiger partial charge in [-0.05, 0) is 40.3 Å². The van der Waals surface area contributed by atoms with E-state index in [0.717, 1.165) is 6.07 Å². The van der Waals surface area contributed by atoms with Gasteiger partial charge in [0.1, 0.15) is 0 Å². The number of halogens is 4. The van der Waals surface area contributed by atoms with Crippen LogP contribution in [0.15, 0.2) is 10.9 Å². The van der Waals surface area contributed by atoms with Crippen molar-refractivity contribution in [3.05, 3.63) is 31.2 Å². The molecule has 0 fully saturated rings. The molecule has 0 aromatic carbocycles. The number of pyridine rings is 1. The van der Waals surface area contributed by atoms with Gasteiger partial charge in [-0.15, -0.1) is 0 Å². The Bertz CT molecular complexity index is 432. The van der Waals surface area contributed by atoms with Crippen LogP contribution in [0.2, 0.25) is 0 Å². The van der Waals surface area contributed by atoms with Crippen molar-refractivity contribution in [1.82, 2.24) is 4.98 Å². The van der Waals surface area contributed by atoms with Crippen molar-refractivity contribution in [3.8, 4) is 0 Å². The van der Waals surface area contributed by atoms with Crippen LogP contribution in [0, 0.1) is 3.70 Å². The molecule has 1 N–H and O–H groups in total. The lowest BCUT2D eigenvalue weighted by Gasteiger charge is -2.02.